The molecular formula is C27H35N. The van der Waals surface area contributed by atoms with Gasteiger partial charge in [0.25, 0.3) is 0 Å². The molecule has 0 fully saturated rings. The molecule has 1 aromatic heterocycles. The van der Waals surface area contributed by atoms with Crippen LogP contribution < -0.4 is 0 Å². The van der Waals surface area contributed by atoms with E-state index in [1.54, 1.807) is 0 Å². The first kappa shape index (κ1) is 20.6. The fourth-order valence-electron chi connectivity index (χ4n) is 4.16. The monoisotopic (exact) mass is 373 g/mol. The zero-order valence-electron chi connectivity index (χ0n) is 18.5. The highest BCUT2D eigenvalue weighted by Gasteiger charge is 2.13. The molecule has 0 N–H and O–H groups in total. The van der Waals surface area contributed by atoms with Crippen LogP contribution >= 0.6 is 0 Å². The molecule has 0 aliphatic carbocycles. The second-order valence-electron chi connectivity index (χ2n) is 8.95. The van der Waals surface area contributed by atoms with Gasteiger partial charge in [0.1, 0.15) is 0 Å². The fourth-order valence-corrected chi connectivity index (χ4v) is 4.16. The molecular weight excluding hydrogens is 338 g/mol. The van der Waals surface area contributed by atoms with E-state index < -0.39 is 0 Å². The van der Waals surface area contributed by atoms with Crippen molar-refractivity contribution in [3.05, 3.63) is 64.8 Å². The first-order chi connectivity index (χ1) is 13.4. The molecule has 3 aromatic rings. The Morgan fingerprint density at radius 3 is 1.93 bits per heavy atom. The molecule has 28 heavy (non-hydrogen) atoms. The smallest absolute Gasteiger partial charge is 0.0780 e. The number of aromatic nitrogens is 1. The normalized spacial score (nSPS) is 11.7. The van der Waals surface area contributed by atoms with Gasteiger partial charge in [0, 0.05) is 17.1 Å². The molecule has 1 nitrogen and oxygen atoms in total. The Balaban J connectivity index is 2.26. The van der Waals surface area contributed by atoms with E-state index in [0.29, 0.717) is 11.8 Å². The van der Waals surface area contributed by atoms with E-state index in [0.717, 1.165) is 31.4 Å². The quantitative estimate of drug-likeness (QED) is 0.420. The van der Waals surface area contributed by atoms with Gasteiger partial charge in [-0.05, 0) is 89.4 Å². The summed E-state index contributed by atoms with van der Waals surface area (Å²) < 4.78 is 0. The minimum absolute atomic E-state index is 0.643. The van der Waals surface area contributed by atoms with Gasteiger partial charge in [0.05, 0.1) is 5.69 Å². The molecule has 0 aliphatic heterocycles. The van der Waals surface area contributed by atoms with Crippen molar-refractivity contribution in [2.45, 2.75) is 67.2 Å². The van der Waals surface area contributed by atoms with Crippen LogP contribution in [-0.4, -0.2) is 4.98 Å². The number of benzene rings is 2. The van der Waals surface area contributed by atoms with E-state index in [2.05, 4.69) is 77.9 Å². The lowest BCUT2D eigenvalue weighted by atomic mass is 9.90. The van der Waals surface area contributed by atoms with Crippen molar-refractivity contribution in [2.24, 2.45) is 11.8 Å². The predicted octanol–water partition coefficient (Wildman–Crippen LogP) is 7.42. The number of rotatable bonds is 7. The highest BCUT2D eigenvalue weighted by molar-refractivity contribution is 5.97. The van der Waals surface area contributed by atoms with Crippen LogP contribution in [-0.2, 0) is 25.7 Å². The molecule has 0 saturated heterocycles. The summed E-state index contributed by atoms with van der Waals surface area (Å²) in [5.74, 6) is 1.30. The van der Waals surface area contributed by atoms with Gasteiger partial charge in [-0.25, -0.2) is 0 Å². The van der Waals surface area contributed by atoms with E-state index in [4.69, 9.17) is 4.98 Å². The molecule has 3 rings (SSSR count). The lowest BCUT2D eigenvalue weighted by molar-refractivity contribution is 0.638. The van der Waals surface area contributed by atoms with Gasteiger partial charge in [-0.3, -0.25) is 4.98 Å². The van der Waals surface area contributed by atoms with Crippen molar-refractivity contribution < 1.29 is 0 Å². The van der Waals surface area contributed by atoms with E-state index in [-0.39, 0.29) is 0 Å². The van der Waals surface area contributed by atoms with Crippen LogP contribution in [0.3, 0.4) is 0 Å². The van der Waals surface area contributed by atoms with Crippen LogP contribution in [0.25, 0.3) is 22.0 Å². The zero-order valence-corrected chi connectivity index (χ0v) is 18.5. The first-order valence-electron chi connectivity index (χ1n) is 10.9. The summed E-state index contributed by atoms with van der Waals surface area (Å²) in [5, 5.41) is 2.68. The third-order valence-corrected chi connectivity index (χ3v) is 5.44. The summed E-state index contributed by atoms with van der Waals surface area (Å²) in [6.07, 6.45) is 6.34. The summed E-state index contributed by atoms with van der Waals surface area (Å²) in [7, 11) is 0. The standard InChI is InChI=1S/C27H35N/c1-7-20-13-21(8-2)15-24(14-20)27-26-17-22(11-18(3)4)16-23(12-19(5)6)25(26)9-10-28-27/h9-10,13-19H,7-8,11-12H2,1-6H3. The average molecular weight is 374 g/mol. The summed E-state index contributed by atoms with van der Waals surface area (Å²) in [5.41, 5.74) is 8.10. The van der Waals surface area contributed by atoms with Crippen LogP contribution in [0.5, 0.6) is 0 Å². The lowest BCUT2D eigenvalue weighted by Crippen LogP contribution is -2.01. The SMILES string of the molecule is CCc1cc(CC)cc(-c2nccc3c(CC(C)C)cc(CC(C)C)cc23)c1. The average Bonchev–Trinajstić information content (AvgIpc) is 2.66. The minimum atomic E-state index is 0.643. The molecule has 1 heteroatoms. The van der Waals surface area contributed by atoms with Crippen molar-refractivity contribution in [3.8, 4) is 11.3 Å². The van der Waals surface area contributed by atoms with Crippen molar-refractivity contribution in [1.29, 1.82) is 0 Å². The lowest BCUT2D eigenvalue weighted by Gasteiger charge is -2.16. The largest absolute Gasteiger partial charge is 0.256 e. The first-order valence-corrected chi connectivity index (χ1v) is 10.9. The summed E-state index contributed by atoms with van der Waals surface area (Å²) >= 11 is 0. The van der Waals surface area contributed by atoms with Crippen LogP contribution in [0.4, 0.5) is 0 Å². The number of nitrogens with zero attached hydrogens (tertiary/aromatic N) is 1. The second-order valence-corrected chi connectivity index (χ2v) is 8.95. The summed E-state index contributed by atoms with van der Waals surface area (Å²) in [6.45, 7) is 13.7. The molecule has 0 unspecified atom stereocenters. The van der Waals surface area contributed by atoms with Gasteiger partial charge < -0.3 is 0 Å². The molecule has 1 heterocycles. The molecule has 148 valence electrons. The van der Waals surface area contributed by atoms with Crippen LogP contribution in [0.1, 0.15) is 63.8 Å². The Kier molecular flexibility index (Phi) is 6.54. The Morgan fingerprint density at radius 1 is 0.714 bits per heavy atom. The van der Waals surface area contributed by atoms with Crippen LogP contribution in [0.15, 0.2) is 42.6 Å². The Bertz CT molecular complexity index is 928. The van der Waals surface area contributed by atoms with Crippen LogP contribution in [0, 0.1) is 11.8 Å². The molecule has 0 atom stereocenters. The van der Waals surface area contributed by atoms with E-state index >= 15 is 0 Å². The van der Waals surface area contributed by atoms with Gasteiger partial charge in [-0.1, -0.05) is 53.7 Å². The maximum absolute atomic E-state index is 4.87. The van der Waals surface area contributed by atoms with Crippen molar-refractivity contribution in [2.75, 3.05) is 0 Å². The topological polar surface area (TPSA) is 12.9 Å². The molecule has 2 aromatic carbocycles. The summed E-state index contributed by atoms with van der Waals surface area (Å²) in [6, 6.07) is 14.0. The fraction of sp³-hybridized carbons (Fsp3) is 0.444. The zero-order chi connectivity index (χ0) is 20.3. The number of aryl methyl sites for hydroxylation is 2. The molecule has 0 saturated carbocycles. The molecule has 0 radical (unpaired) electrons. The maximum Gasteiger partial charge on any atom is 0.0780 e. The number of pyridine rings is 1. The van der Waals surface area contributed by atoms with E-state index in [1.807, 2.05) is 6.20 Å². The van der Waals surface area contributed by atoms with Gasteiger partial charge >= 0.3 is 0 Å². The molecule has 0 aliphatic rings. The Hall–Kier alpha value is -2.15. The highest BCUT2D eigenvalue weighted by atomic mass is 14.7. The Labute approximate surface area is 171 Å². The highest BCUT2D eigenvalue weighted by Crippen LogP contribution is 2.32. The van der Waals surface area contributed by atoms with Gasteiger partial charge in [-0.2, -0.15) is 0 Å². The number of fused-ring (bicyclic) bond motifs is 1. The minimum Gasteiger partial charge on any atom is -0.256 e. The molecule has 0 amide bonds. The maximum atomic E-state index is 4.87. The molecule has 0 bridgehead atoms. The Morgan fingerprint density at radius 2 is 1.36 bits per heavy atom. The molecule has 0 spiro atoms. The predicted molar refractivity (Wildman–Crippen MR) is 123 cm³/mol. The van der Waals surface area contributed by atoms with Crippen molar-refractivity contribution in [3.63, 3.8) is 0 Å². The van der Waals surface area contributed by atoms with Crippen molar-refractivity contribution in [1.82, 2.24) is 4.98 Å². The van der Waals surface area contributed by atoms with Gasteiger partial charge in [0.2, 0.25) is 0 Å². The third-order valence-electron chi connectivity index (χ3n) is 5.44. The van der Waals surface area contributed by atoms with Gasteiger partial charge in [0.15, 0.2) is 0 Å². The van der Waals surface area contributed by atoms with Crippen LogP contribution in [0.2, 0.25) is 0 Å². The van der Waals surface area contributed by atoms with Gasteiger partial charge in [-0.15, -0.1) is 0 Å². The second kappa shape index (κ2) is 8.90. The third kappa shape index (κ3) is 4.63. The van der Waals surface area contributed by atoms with E-state index in [9.17, 15) is 0 Å². The number of hydrogen-bond acceptors (Lipinski definition) is 1. The van der Waals surface area contributed by atoms with Crippen molar-refractivity contribution >= 4 is 10.8 Å². The summed E-state index contributed by atoms with van der Waals surface area (Å²) in [4.78, 5) is 4.87. The van der Waals surface area contributed by atoms with E-state index in [1.165, 1.54) is 38.6 Å². The number of hydrogen-bond donors (Lipinski definition) is 0.